The summed E-state index contributed by atoms with van der Waals surface area (Å²) < 4.78 is 14.0. The van der Waals surface area contributed by atoms with Crippen molar-refractivity contribution in [3.05, 3.63) is 108 Å². The van der Waals surface area contributed by atoms with E-state index in [4.69, 9.17) is 0 Å². The first-order chi connectivity index (χ1) is 12.3. The molecule has 0 amide bonds. The Bertz CT molecular complexity index is 686. The summed E-state index contributed by atoms with van der Waals surface area (Å²) in [5.41, 5.74) is 3.60. The lowest BCUT2D eigenvalue weighted by Gasteiger charge is -2.30. The molecular weight excluding hydrogens is 308 g/mol. The third kappa shape index (κ3) is 5.27. The van der Waals surface area contributed by atoms with Gasteiger partial charge < -0.3 is 0 Å². The highest BCUT2D eigenvalue weighted by atomic mass is 18.2. The van der Waals surface area contributed by atoms with Crippen molar-refractivity contribution in [3.63, 3.8) is 0 Å². The largest absolute Gasteiger partial charge is 0.289 e. The first-order valence-corrected chi connectivity index (χ1v) is 8.77. The van der Waals surface area contributed by atoms with E-state index < -0.39 is 0 Å². The Kier molecular flexibility index (Phi) is 6.35. The van der Waals surface area contributed by atoms with E-state index in [2.05, 4.69) is 41.3 Å². The van der Waals surface area contributed by atoms with Gasteiger partial charge >= 0.3 is 0 Å². The van der Waals surface area contributed by atoms with Gasteiger partial charge in [-0.2, -0.15) is 0 Å². The molecule has 2 heteroatoms. The molecule has 1 atom stereocenters. The van der Waals surface area contributed by atoms with Crippen LogP contribution < -0.4 is 0 Å². The Morgan fingerprint density at radius 1 is 0.600 bits per heavy atom. The summed E-state index contributed by atoms with van der Waals surface area (Å²) in [4.78, 5) is 2.25. The van der Waals surface area contributed by atoms with Crippen LogP contribution in [0.3, 0.4) is 0 Å². The van der Waals surface area contributed by atoms with Crippen molar-refractivity contribution >= 4 is 0 Å². The quantitative estimate of drug-likeness (QED) is 0.543. The number of hydrogen-bond acceptors (Lipinski definition) is 1. The van der Waals surface area contributed by atoms with Crippen LogP contribution in [0.15, 0.2) is 91.0 Å². The van der Waals surface area contributed by atoms with Gasteiger partial charge in [-0.1, -0.05) is 91.0 Å². The van der Waals surface area contributed by atoms with E-state index in [-0.39, 0.29) is 12.7 Å². The molecule has 1 nitrogen and oxygen atoms in total. The Morgan fingerprint density at radius 3 is 1.40 bits per heavy atom. The van der Waals surface area contributed by atoms with Gasteiger partial charge in [0.15, 0.2) is 0 Å². The van der Waals surface area contributed by atoms with Crippen LogP contribution in [-0.4, -0.2) is 17.6 Å². The molecule has 0 aliphatic heterocycles. The summed E-state index contributed by atoms with van der Waals surface area (Å²) >= 11 is 0. The van der Waals surface area contributed by atoms with Crippen molar-refractivity contribution in [2.24, 2.45) is 0 Å². The lowest BCUT2D eigenvalue weighted by Crippen LogP contribution is -2.37. The molecule has 25 heavy (non-hydrogen) atoms. The summed E-state index contributed by atoms with van der Waals surface area (Å²) in [6, 6.07) is 30.7. The smallest absolute Gasteiger partial charge is 0.105 e. The molecule has 128 valence electrons. The van der Waals surface area contributed by atoms with Crippen LogP contribution in [0.5, 0.6) is 0 Å². The minimum Gasteiger partial charge on any atom is -0.289 e. The monoisotopic (exact) mass is 332 g/mol. The predicted octanol–water partition coefficient (Wildman–Crippen LogP) is 5.27. The minimum absolute atomic E-state index is 0.136. The summed E-state index contributed by atoms with van der Waals surface area (Å²) in [6.07, 6.45) is 0.719. The lowest BCUT2D eigenvalue weighted by molar-refractivity contribution is 0.148. The minimum atomic E-state index is -0.353. The first-order valence-electron chi connectivity index (χ1n) is 8.77. The fourth-order valence-corrected chi connectivity index (χ4v) is 3.12. The maximum atomic E-state index is 14.0. The van der Waals surface area contributed by atoms with Crippen LogP contribution in [0.1, 0.15) is 16.7 Å². The van der Waals surface area contributed by atoms with Gasteiger partial charge in [0, 0.05) is 19.1 Å². The summed E-state index contributed by atoms with van der Waals surface area (Å²) in [7, 11) is 0. The van der Waals surface area contributed by atoms with Crippen LogP contribution in [0.2, 0.25) is 0 Å². The van der Waals surface area contributed by atoms with Crippen LogP contribution in [0.25, 0.3) is 0 Å². The van der Waals surface area contributed by atoms with Gasteiger partial charge in [0.25, 0.3) is 0 Å². The van der Waals surface area contributed by atoms with E-state index in [0.717, 1.165) is 19.5 Å². The van der Waals surface area contributed by atoms with Gasteiger partial charge in [-0.05, 0) is 23.1 Å². The van der Waals surface area contributed by atoms with E-state index in [1.54, 1.807) is 0 Å². The highest BCUT2D eigenvalue weighted by Gasteiger charge is 2.19. The molecule has 0 aliphatic carbocycles. The molecule has 0 aliphatic rings. The van der Waals surface area contributed by atoms with Crippen molar-refractivity contribution in [2.75, 3.05) is 6.67 Å². The van der Waals surface area contributed by atoms with E-state index >= 15 is 0 Å². The maximum absolute atomic E-state index is 14.0. The van der Waals surface area contributed by atoms with Gasteiger partial charge in [-0.3, -0.25) is 4.90 Å². The van der Waals surface area contributed by atoms with Crippen molar-refractivity contribution < 1.29 is 4.39 Å². The molecule has 0 aromatic heterocycles. The maximum Gasteiger partial charge on any atom is 0.105 e. The SMILES string of the molecule is [18F]C[C@H](Cc1ccccc1)N(Cc1ccccc1)Cc1ccccc1. The summed E-state index contributed by atoms with van der Waals surface area (Å²) in [6.45, 7) is 1.14. The van der Waals surface area contributed by atoms with Crippen LogP contribution in [0.4, 0.5) is 4.39 Å². The van der Waals surface area contributed by atoms with Crippen molar-refractivity contribution in [1.82, 2.24) is 4.90 Å². The molecule has 0 heterocycles. The van der Waals surface area contributed by atoms with Crippen molar-refractivity contribution in [1.29, 1.82) is 0 Å². The standard InChI is InChI=1S/C23H24FN/c24-17-23(16-20-10-4-1-5-11-20)25(18-21-12-6-2-7-13-21)19-22-14-8-3-9-15-22/h1-15,23H,16-19H2/t23-/m0/s1/i24-1. The van der Waals surface area contributed by atoms with Gasteiger partial charge in [-0.15, -0.1) is 0 Å². The lowest BCUT2D eigenvalue weighted by atomic mass is 10.0. The highest BCUT2D eigenvalue weighted by molar-refractivity contribution is 5.19. The summed E-state index contributed by atoms with van der Waals surface area (Å²) in [5.74, 6) is 0. The Balaban J connectivity index is 1.80. The molecule has 0 radical (unpaired) electrons. The van der Waals surface area contributed by atoms with Crippen molar-refractivity contribution in [3.8, 4) is 0 Å². The number of benzene rings is 3. The second kappa shape index (κ2) is 9.14. The van der Waals surface area contributed by atoms with Crippen molar-refractivity contribution in [2.45, 2.75) is 25.6 Å². The molecule has 0 unspecified atom stereocenters. The fourth-order valence-electron chi connectivity index (χ4n) is 3.12. The molecule has 3 rings (SSSR count). The average molecular weight is 332 g/mol. The Hall–Kier alpha value is -2.45. The number of halogens is 1. The third-order valence-electron chi connectivity index (χ3n) is 4.47. The van der Waals surface area contributed by atoms with Crippen LogP contribution in [-0.2, 0) is 19.5 Å². The zero-order valence-corrected chi connectivity index (χ0v) is 14.4. The summed E-state index contributed by atoms with van der Waals surface area (Å²) in [5, 5.41) is 0. The predicted molar refractivity (Wildman–Crippen MR) is 102 cm³/mol. The number of nitrogens with zero attached hydrogens (tertiary/aromatic N) is 1. The molecule has 0 spiro atoms. The van der Waals surface area contributed by atoms with E-state index in [1.165, 1.54) is 16.7 Å². The molecule has 0 bridgehead atoms. The van der Waals surface area contributed by atoms with E-state index in [9.17, 15) is 4.39 Å². The van der Waals surface area contributed by atoms with Gasteiger partial charge in [-0.25, -0.2) is 4.39 Å². The zero-order chi connectivity index (χ0) is 17.3. The number of rotatable bonds is 8. The van der Waals surface area contributed by atoms with Gasteiger partial charge in [0.1, 0.15) is 6.67 Å². The number of alkyl halides is 1. The number of hydrogen-bond donors (Lipinski definition) is 0. The average Bonchev–Trinajstić information content (AvgIpc) is 2.68. The second-order valence-corrected chi connectivity index (χ2v) is 6.37. The molecule has 3 aromatic carbocycles. The first kappa shape index (κ1) is 17.4. The van der Waals surface area contributed by atoms with Gasteiger partial charge in [0.05, 0.1) is 0 Å². The second-order valence-electron chi connectivity index (χ2n) is 6.37. The normalized spacial score (nSPS) is 12.2. The topological polar surface area (TPSA) is 3.24 Å². The van der Waals surface area contributed by atoms with Crippen LogP contribution in [0, 0.1) is 0 Å². The molecule has 0 saturated carbocycles. The third-order valence-corrected chi connectivity index (χ3v) is 4.47. The Labute approximate surface area is 149 Å². The molecular formula is C23H24FN. The zero-order valence-electron chi connectivity index (χ0n) is 14.4. The Morgan fingerprint density at radius 2 is 1.00 bits per heavy atom. The van der Waals surface area contributed by atoms with Gasteiger partial charge in [0.2, 0.25) is 0 Å². The van der Waals surface area contributed by atoms with E-state index in [1.807, 2.05) is 54.6 Å². The molecule has 0 fully saturated rings. The van der Waals surface area contributed by atoms with E-state index in [0.29, 0.717) is 0 Å². The van der Waals surface area contributed by atoms with Crippen LogP contribution >= 0.6 is 0 Å². The fraction of sp³-hybridized carbons (Fsp3) is 0.217. The molecule has 0 N–H and O–H groups in total. The highest BCUT2D eigenvalue weighted by Crippen LogP contribution is 2.17. The molecule has 3 aromatic rings. The molecule has 0 saturated heterocycles.